The number of carbonyl (C=O) groups excluding carboxylic acids is 1. The van der Waals surface area contributed by atoms with Crippen LogP contribution in [0.1, 0.15) is 38.1 Å². The third-order valence-electron chi connectivity index (χ3n) is 6.88. The van der Waals surface area contributed by atoms with Crippen LogP contribution < -0.4 is 0 Å². The van der Waals surface area contributed by atoms with Gasteiger partial charge in [0.15, 0.2) is 17.9 Å². The predicted octanol–water partition coefficient (Wildman–Crippen LogP) is 2.00. The fourth-order valence-corrected chi connectivity index (χ4v) is 5.15. The molecule has 0 aromatic heterocycles. The number of benzene rings is 1. The molecule has 4 aliphatic rings. The van der Waals surface area contributed by atoms with Crippen molar-refractivity contribution in [3.05, 3.63) is 35.6 Å². The number of piperazine rings is 1. The van der Waals surface area contributed by atoms with Gasteiger partial charge in [0.25, 0.3) is 5.91 Å². The Hall–Kier alpha value is -1.66. The van der Waals surface area contributed by atoms with Crippen molar-refractivity contribution in [3.63, 3.8) is 0 Å². The van der Waals surface area contributed by atoms with Crippen LogP contribution in [0.15, 0.2) is 24.3 Å². The number of carbonyl (C=O) groups is 1. The molecule has 0 bridgehead atoms. The maximum absolute atomic E-state index is 13.1. The van der Waals surface area contributed by atoms with Crippen molar-refractivity contribution in [2.75, 3.05) is 45.9 Å². The maximum Gasteiger partial charge on any atom is 0.253 e. The topological polar surface area (TPSA) is 78.9 Å². The first-order valence-corrected chi connectivity index (χ1v) is 12.3. The van der Waals surface area contributed by atoms with Crippen molar-refractivity contribution < 1.29 is 37.6 Å². The summed E-state index contributed by atoms with van der Waals surface area (Å²) in [6.45, 7) is 11.9. The van der Waals surface area contributed by atoms with Gasteiger partial charge in [0.2, 0.25) is 0 Å². The third-order valence-corrected chi connectivity index (χ3v) is 6.88. The molecule has 1 aromatic rings. The summed E-state index contributed by atoms with van der Waals surface area (Å²) in [5, 5.41) is 0. The summed E-state index contributed by atoms with van der Waals surface area (Å²) < 4.78 is 49.5. The van der Waals surface area contributed by atoms with Crippen molar-refractivity contribution in [3.8, 4) is 0 Å². The van der Waals surface area contributed by atoms with Crippen LogP contribution in [0.4, 0.5) is 4.39 Å². The average Bonchev–Trinajstić information content (AvgIpc) is 3.44. The van der Waals surface area contributed by atoms with Gasteiger partial charge in [-0.25, -0.2) is 4.39 Å². The van der Waals surface area contributed by atoms with Crippen molar-refractivity contribution in [1.82, 2.24) is 9.80 Å². The summed E-state index contributed by atoms with van der Waals surface area (Å²) >= 11 is 0. The van der Waals surface area contributed by atoms with Crippen LogP contribution in [-0.4, -0.2) is 104 Å². The second-order valence-electron chi connectivity index (χ2n) is 10.4. The zero-order valence-electron chi connectivity index (χ0n) is 20.8. The molecule has 4 saturated heterocycles. The molecule has 1 aromatic carbocycles. The Labute approximate surface area is 205 Å². The Bertz CT molecular complexity index is 904. The summed E-state index contributed by atoms with van der Waals surface area (Å²) in [6, 6.07) is 5.68. The maximum atomic E-state index is 13.1. The van der Waals surface area contributed by atoms with Crippen LogP contribution in [0.3, 0.4) is 0 Å². The van der Waals surface area contributed by atoms with Gasteiger partial charge in [-0.2, -0.15) is 0 Å². The molecule has 0 saturated carbocycles. The summed E-state index contributed by atoms with van der Waals surface area (Å²) in [5.41, 5.74) is 0.507. The van der Waals surface area contributed by atoms with Crippen molar-refractivity contribution >= 4 is 5.91 Å². The van der Waals surface area contributed by atoms with E-state index in [-0.39, 0.29) is 36.1 Å². The molecule has 9 nitrogen and oxygen atoms in total. The SMILES string of the molecule is CC1(C)OCC([C@H]2O[C@H](OCCN3CCN(C(=O)c4ccc(F)cc4)CC3)[C@H]3OC(C)(C)O[C@H]32)O1. The minimum absolute atomic E-state index is 0.0698. The predicted molar refractivity (Wildman–Crippen MR) is 122 cm³/mol. The molecule has 5 rings (SSSR count). The van der Waals surface area contributed by atoms with E-state index < -0.39 is 17.9 Å². The van der Waals surface area contributed by atoms with Gasteiger partial charge >= 0.3 is 0 Å². The molecule has 5 atom stereocenters. The van der Waals surface area contributed by atoms with Gasteiger partial charge in [0.05, 0.1) is 13.2 Å². The van der Waals surface area contributed by atoms with Gasteiger partial charge in [-0.15, -0.1) is 0 Å². The normalized spacial score (nSPS) is 34.3. The van der Waals surface area contributed by atoms with E-state index in [2.05, 4.69) is 4.90 Å². The molecule has 4 fully saturated rings. The second-order valence-corrected chi connectivity index (χ2v) is 10.4. The number of fused-ring (bicyclic) bond motifs is 1. The van der Waals surface area contributed by atoms with Gasteiger partial charge in [0.1, 0.15) is 30.2 Å². The van der Waals surface area contributed by atoms with Gasteiger partial charge in [-0.05, 0) is 52.0 Å². The van der Waals surface area contributed by atoms with E-state index in [1.165, 1.54) is 24.3 Å². The Balaban J connectivity index is 1.10. The number of halogens is 1. The van der Waals surface area contributed by atoms with Crippen LogP contribution in [0.5, 0.6) is 0 Å². The smallest absolute Gasteiger partial charge is 0.253 e. The van der Waals surface area contributed by atoms with Crippen LogP contribution in [-0.2, 0) is 28.4 Å². The van der Waals surface area contributed by atoms with Gasteiger partial charge in [-0.1, -0.05) is 0 Å². The Morgan fingerprint density at radius 2 is 1.66 bits per heavy atom. The van der Waals surface area contributed by atoms with E-state index >= 15 is 0 Å². The summed E-state index contributed by atoms with van der Waals surface area (Å²) in [7, 11) is 0. The standard InChI is InChI=1S/C25H35FN2O7/c1-24(2)31-15-18(33-24)19-20-21(35-25(3,4)34-20)23(32-19)30-14-13-27-9-11-28(12-10-27)22(29)16-5-7-17(26)8-6-16/h5-8,18-21,23H,9-15H2,1-4H3/t18?,19-,20+,21+,23+/m1/s1. The van der Waals surface area contributed by atoms with E-state index in [1.807, 2.05) is 27.7 Å². The lowest BCUT2D eigenvalue weighted by Gasteiger charge is -2.35. The molecule has 35 heavy (non-hydrogen) atoms. The van der Waals surface area contributed by atoms with E-state index in [4.69, 9.17) is 28.4 Å². The Morgan fingerprint density at radius 1 is 0.971 bits per heavy atom. The van der Waals surface area contributed by atoms with Crippen molar-refractivity contribution in [2.45, 2.75) is 70.0 Å². The fourth-order valence-electron chi connectivity index (χ4n) is 5.15. The highest BCUT2D eigenvalue weighted by Crippen LogP contribution is 2.42. The highest BCUT2D eigenvalue weighted by atomic mass is 19.1. The van der Waals surface area contributed by atoms with Crippen LogP contribution in [0, 0.1) is 5.82 Å². The molecule has 0 spiro atoms. The van der Waals surface area contributed by atoms with Gasteiger partial charge in [-0.3, -0.25) is 9.69 Å². The zero-order valence-corrected chi connectivity index (χ0v) is 20.8. The van der Waals surface area contributed by atoms with Gasteiger partial charge in [0, 0.05) is 38.3 Å². The van der Waals surface area contributed by atoms with Gasteiger partial charge < -0.3 is 33.3 Å². The highest BCUT2D eigenvalue weighted by molar-refractivity contribution is 5.94. The first-order chi connectivity index (χ1) is 16.6. The Morgan fingerprint density at radius 3 is 2.31 bits per heavy atom. The minimum Gasteiger partial charge on any atom is -0.349 e. The first kappa shape index (κ1) is 25.0. The Kier molecular flexibility index (Phi) is 6.90. The first-order valence-electron chi connectivity index (χ1n) is 12.3. The van der Waals surface area contributed by atoms with Crippen molar-refractivity contribution in [1.29, 1.82) is 0 Å². The lowest BCUT2D eigenvalue weighted by Crippen LogP contribution is -2.49. The number of nitrogens with zero attached hydrogens (tertiary/aromatic N) is 2. The fraction of sp³-hybridized carbons (Fsp3) is 0.720. The average molecular weight is 495 g/mol. The molecule has 1 unspecified atom stereocenters. The lowest BCUT2D eigenvalue weighted by molar-refractivity contribution is -0.248. The van der Waals surface area contributed by atoms with E-state index in [9.17, 15) is 9.18 Å². The molecule has 4 aliphatic heterocycles. The minimum atomic E-state index is -0.721. The number of hydrogen-bond donors (Lipinski definition) is 0. The summed E-state index contributed by atoms with van der Waals surface area (Å²) in [6.07, 6.45) is -1.78. The summed E-state index contributed by atoms with van der Waals surface area (Å²) in [5.74, 6) is -1.79. The van der Waals surface area contributed by atoms with E-state index in [1.54, 1.807) is 4.90 Å². The van der Waals surface area contributed by atoms with E-state index in [0.717, 1.165) is 13.1 Å². The summed E-state index contributed by atoms with van der Waals surface area (Å²) in [4.78, 5) is 16.7. The van der Waals surface area contributed by atoms with Crippen LogP contribution >= 0.6 is 0 Å². The largest absolute Gasteiger partial charge is 0.349 e. The molecular weight excluding hydrogens is 459 g/mol. The van der Waals surface area contributed by atoms with Crippen LogP contribution in [0.2, 0.25) is 0 Å². The molecule has 0 aliphatic carbocycles. The molecule has 0 N–H and O–H groups in total. The van der Waals surface area contributed by atoms with Crippen LogP contribution in [0.25, 0.3) is 0 Å². The molecule has 0 radical (unpaired) electrons. The number of rotatable bonds is 6. The molecule has 194 valence electrons. The molecule has 1 amide bonds. The monoisotopic (exact) mass is 494 g/mol. The quantitative estimate of drug-likeness (QED) is 0.594. The second kappa shape index (κ2) is 9.66. The zero-order chi connectivity index (χ0) is 24.8. The number of hydrogen-bond acceptors (Lipinski definition) is 8. The number of ether oxygens (including phenoxy) is 6. The lowest BCUT2D eigenvalue weighted by atomic mass is 10.1. The highest BCUT2D eigenvalue weighted by Gasteiger charge is 2.59. The molecular formula is C25H35FN2O7. The number of amides is 1. The molecule has 4 heterocycles. The van der Waals surface area contributed by atoms with E-state index in [0.29, 0.717) is 38.4 Å². The third kappa shape index (κ3) is 5.53. The van der Waals surface area contributed by atoms with Crippen molar-refractivity contribution in [2.24, 2.45) is 0 Å². The molecule has 10 heteroatoms.